The predicted molar refractivity (Wildman–Crippen MR) is 118 cm³/mol. The second-order valence-electron chi connectivity index (χ2n) is 8.84. The van der Waals surface area contributed by atoms with Gasteiger partial charge >= 0.3 is 0 Å². The zero-order valence-electron chi connectivity index (χ0n) is 17.8. The maximum absolute atomic E-state index is 13.7. The van der Waals surface area contributed by atoms with Gasteiger partial charge in [0.2, 0.25) is 5.91 Å². The number of rotatable bonds is 5. The second-order valence-corrected chi connectivity index (χ2v) is 9.25. The molecule has 2 aromatic rings. The summed E-state index contributed by atoms with van der Waals surface area (Å²) in [5, 5.41) is 0.675. The Morgan fingerprint density at radius 1 is 1.06 bits per heavy atom. The minimum absolute atomic E-state index is 0.114. The van der Waals surface area contributed by atoms with Gasteiger partial charge in [0, 0.05) is 49.2 Å². The van der Waals surface area contributed by atoms with Crippen LogP contribution in [-0.4, -0.2) is 47.8 Å². The number of amides is 2. The van der Waals surface area contributed by atoms with E-state index in [0.29, 0.717) is 35.5 Å². The van der Waals surface area contributed by atoms with Crippen LogP contribution in [0.2, 0.25) is 5.02 Å². The maximum atomic E-state index is 13.7. The number of likely N-dealkylation sites (tertiary alicyclic amines) is 2. The number of primary amides is 1. The van der Waals surface area contributed by atoms with E-state index in [-0.39, 0.29) is 24.3 Å². The Balaban J connectivity index is 1.48. The van der Waals surface area contributed by atoms with Gasteiger partial charge in [0.25, 0.3) is 5.91 Å². The van der Waals surface area contributed by atoms with Crippen molar-refractivity contribution < 1.29 is 14.0 Å². The van der Waals surface area contributed by atoms with E-state index >= 15 is 0 Å². The van der Waals surface area contributed by atoms with Crippen LogP contribution in [-0.2, 0) is 4.79 Å². The number of fused-ring (bicyclic) bond motifs is 1. The molecule has 0 saturated carbocycles. The molecule has 3 atom stereocenters. The van der Waals surface area contributed by atoms with E-state index in [9.17, 15) is 14.0 Å². The van der Waals surface area contributed by atoms with Gasteiger partial charge in [-0.15, -0.1) is 0 Å². The third-order valence-corrected chi connectivity index (χ3v) is 7.05. The number of aryl methyl sites for hydroxylation is 2. The van der Waals surface area contributed by atoms with Crippen LogP contribution >= 0.6 is 11.6 Å². The third-order valence-electron chi connectivity index (χ3n) is 6.65. The van der Waals surface area contributed by atoms with Gasteiger partial charge in [-0.3, -0.25) is 14.5 Å². The lowest BCUT2D eigenvalue weighted by Crippen LogP contribution is -2.36. The molecule has 2 fully saturated rings. The summed E-state index contributed by atoms with van der Waals surface area (Å²) in [6, 6.07) is 10.1. The molecule has 31 heavy (non-hydrogen) atoms. The molecule has 2 aromatic carbocycles. The number of benzene rings is 2. The van der Waals surface area contributed by atoms with Crippen molar-refractivity contribution in [2.45, 2.75) is 26.3 Å². The van der Waals surface area contributed by atoms with Gasteiger partial charge in [0.15, 0.2) is 0 Å². The molecule has 5 nitrogen and oxygen atoms in total. The molecular weight excluding hydrogens is 417 g/mol. The minimum atomic E-state index is -0.398. The molecule has 7 heteroatoms. The van der Waals surface area contributed by atoms with Crippen LogP contribution in [0.4, 0.5) is 4.39 Å². The predicted octanol–water partition coefficient (Wildman–Crippen LogP) is 3.72. The first kappa shape index (κ1) is 21.8. The van der Waals surface area contributed by atoms with Crippen LogP contribution < -0.4 is 5.73 Å². The topological polar surface area (TPSA) is 66.6 Å². The molecule has 0 aromatic heterocycles. The van der Waals surface area contributed by atoms with Crippen LogP contribution in [0, 0.1) is 31.5 Å². The Labute approximate surface area is 187 Å². The van der Waals surface area contributed by atoms with Crippen LogP contribution in [0.5, 0.6) is 0 Å². The highest BCUT2D eigenvalue weighted by Gasteiger charge is 2.44. The van der Waals surface area contributed by atoms with Crippen molar-refractivity contribution in [1.82, 2.24) is 9.80 Å². The van der Waals surface area contributed by atoms with E-state index in [0.717, 1.165) is 29.8 Å². The highest BCUT2D eigenvalue weighted by atomic mass is 35.5. The summed E-state index contributed by atoms with van der Waals surface area (Å²) in [6.07, 6.45) is 0.226. The van der Waals surface area contributed by atoms with Gasteiger partial charge in [0.05, 0.1) is 0 Å². The lowest BCUT2D eigenvalue weighted by atomic mass is 10.0. The third kappa shape index (κ3) is 4.46. The fraction of sp³-hybridized carbons (Fsp3) is 0.417. The normalized spacial score (nSPS) is 21.9. The zero-order valence-corrected chi connectivity index (χ0v) is 18.5. The van der Waals surface area contributed by atoms with Crippen molar-refractivity contribution in [1.29, 1.82) is 0 Å². The Bertz CT molecular complexity index is 1010. The fourth-order valence-electron chi connectivity index (χ4n) is 4.91. The summed E-state index contributed by atoms with van der Waals surface area (Å²) in [7, 11) is 0. The molecule has 2 N–H and O–H groups in total. The number of carbonyl (C=O) groups excluding carboxylic acids is 2. The van der Waals surface area contributed by atoms with Crippen molar-refractivity contribution in [2.24, 2.45) is 17.6 Å². The average molecular weight is 444 g/mol. The molecule has 2 heterocycles. The lowest BCUT2D eigenvalue weighted by molar-refractivity contribution is -0.119. The van der Waals surface area contributed by atoms with E-state index in [1.807, 2.05) is 36.9 Å². The van der Waals surface area contributed by atoms with Gasteiger partial charge in [-0.1, -0.05) is 29.8 Å². The standard InChI is InChI=1S/C24H27ClFN3O2/c1-14-4-6-19(26)8-20(14)24(31)29-12-17-10-28(11-18(17)13-29)22(9-23(27)30)16-5-3-15(2)21(25)7-16/h3-8,17-18,22H,9-13H2,1-2H3,(H2,27,30). The summed E-state index contributed by atoms with van der Waals surface area (Å²) in [5.41, 5.74) is 8.73. The number of nitrogens with two attached hydrogens (primary N) is 1. The van der Waals surface area contributed by atoms with Crippen molar-refractivity contribution >= 4 is 23.4 Å². The smallest absolute Gasteiger partial charge is 0.254 e. The molecule has 0 radical (unpaired) electrons. The Morgan fingerprint density at radius 3 is 2.32 bits per heavy atom. The summed E-state index contributed by atoms with van der Waals surface area (Å²) in [5.74, 6) is -0.233. The first-order valence-corrected chi connectivity index (χ1v) is 10.9. The second kappa shape index (κ2) is 8.60. The fourth-order valence-corrected chi connectivity index (χ4v) is 5.10. The zero-order chi connectivity index (χ0) is 22.3. The van der Waals surface area contributed by atoms with E-state index in [4.69, 9.17) is 17.3 Å². The highest BCUT2D eigenvalue weighted by Crippen LogP contribution is 2.38. The van der Waals surface area contributed by atoms with Crippen LogP contribution in [0.3, 0.4) is 0 Å². The molecule has 4 rings (SSSR count). The molecule has 3 unspecified atom stereocenters. The van der Waals surface area contributed by atoms with E-state index in [2.05, 4.69) is 4.90 Å². The number of hydrogen-bond donors (Lipinski definition) is 1. The summed E-state index contributed by atoms with van der Waals surface area (Å²) >= 11 is 6.33. The number of nitrogens with zero attached hydrogens (tertiary/aromatic N) is 2. The summed E-state index contributed by atoms with van der Waals surface area (Å²) in [4.78, 5) is 28.9. The molecule has 0 spiro atoms. The van der Waals surface area contributed by atoms with Gasteiger partial charge < -0.3 is 10.6 Å². The molecule has 0 bridgehead atoms. The van der Waals surface area contributed by atoms with Gasteiger partial charge in [-0.25, -0.2) is 4.39 Å². The number of halogens is 2. The number of carbonyl (C=O) groups is 2. The molecule has 0 aliphatic carbocycles. The largest absolute Gasteiger partial charge is 0.370 e. The highest BCUT2D eigenvalue weighted by molar-refractivity contribution is 6.31. The first-order valence-electron chi connectivity index (χ1n) is 10.6. The molecular formula is C24H27ClFN3O2. The lowest BCUT2D eigenvalue weighted by Gasteiger charge is -2.29. The first-order chi connectivity index (χ1) is 14.7. The van der Waals surface area contributed by atoms with E-state index in [1.165, 1.54) is 12.1 Å². The van der Waals surface area contributed by atoms with Gasteiger partial charge in [-0.05, 0) is 60.6 Å². The monoisotopic (exact) mass is 443 g/mol. The molecule has 2 aliphatic heterocycles. The molecule has 2 saturated heterocycles. The van der Waals surface area contributed by atoms with Crippen molar-refractivity contribution in [3.63, 3.8) is 0 Å². The molecule has 164 valence electrons. The van der Waals surface area contributed by atoms with Crippen LogP contribution in [0.1, 0.15) is 39.5 Å². The quantitative estimate of drug-likeness (QED) is 0.765. The minimum Gasteiger partial charge on any atom is -0.370 e. The Morgan fingerprint density at radius 2 is 1.71 bits per heavy atom. The summed E-state index contributed by atoms with van der Waals surface area (Å²) in [6.45, 7) is 6.59. The van der Waals surface area contributed by atoms with Crippen molar-refractivity contribution in [2.75, 3.05) is 26.2 Å². The SMILES string of the molecule is Cc1ccc(C(CC(N)=O)N2CC3CN(C(=O)c4cc(F)ccc4C)CC3C2)cc1Cl. The summed E-state index contributed by atoms with van der Waals surface area (Å²) < 4.78 is 13.7. The maximum Gasteiger partial charge on any atom is 0.254 e. The van der Waals surface area contributed by atoms with Crippen LogP contribution in [0.25, 0.3) is 0 Å². The van der Waals surface area contributed by atoms with Crippen molar-refractivity contribution in [3.05, 3.63) is 69.5 Å². The average Bonchev–Trinajstić information content (AvgIpc) is 3.29. The Hall–Kier alpha value is -2.44. The van der Waals surface area contributed by atoms with Gasteiger partial charge in [0.1, 0.15) is 5.82 Å². The molecule has 2 aliphatic rings. The number of hydrogen-bond acceptors (Lipinski definition) is 3. The van der Waals surface area contributed by atoms with Crippen molar-refractivity contribution in [3.8, 4) is 0 Å². The van der Waals surface area contributed by atoms with Crippen LogP contribution in [0.15, 0.2) is 36.4 Å². The van der Waals surface area contributed by atoms with E-state index in [1.54, 1.807) is 6.07 Å². The Kier molecular flexibility index (Phi) is 6.04. The van der Waals surface area contributed by atoms with Gasteiger partial charge in [-0.2, -0.15) is 0 Å². The molecule has 2 amide bonds. The van der Waals surface area contributed by atoms with E-state index < -0.39 is 5.82 Å².